The van der Waals surface area contributed by atoms with Crippen molar-refractivity contribution in [1.29, 1.82) is 0 Å². The van der Waals surface area contributed by atoms with Crippen LogP contribution in [0.4, 0.5) is 5.00 Å². The summed E-state index contributed by atoms with van der Waals surface area (Å²) in [7, 11) is 0. The molecule has 25 heavy (non-hydrogen) atoms. The lowest BCUT2D eigenvalue weighted by Crippen LogP contribution is -2.38. The van der Waals surface area contributed by atoms with Crippen LogP contribution in [-0.4, -0.2) is 11.8 Å². The van der Waals surface area contributed by atoms with Crippen LogP contribution < -0.4 is 11.1 Å². The summed E-state index contributed by atoms with van der Waals surface area (Å²) in [6.07, 6.45) is 6.70. The number of nitrogens with one attached hydrogen (secondary N) is 1. The van der Waals surface area contributed by atoms with Gasteiger partial charge in [-0.2, -0.15) is 0 Å². The first kappa shape index (κ1) is 16.3. The van der Waals surface area contributed by atoms with Crippen LogP contribution in [0.2, 0.25) is 0 Å². The quantitative estimate of drug-likeness (QED) is 0.877. The van der Waals surface area contributed by atoms with Crippen molar-refractivity contribution in [2.24, 2.45) is 5.73 Å². The first-order valence-electron chi connectivity index (χ1n) is 8.93. The fourth-order valence-corrected chi connectivity index (χ4v) is 5.65. The molecular weight excluding hydrogens is 332 g/mol. The number of aryl methyl sites for hydroxylation is 1. The number of thiophene rings is 1. The van der Waals surface area contributed by atoms with Gasteiger partial charge in [-0.25, -0.2) is 0 Å². The molecule has 2 amide bonds. The van der Waals surface area contributed by atoms with Gasteiger partial charge in [0.25, 0.3) is 5.91 Å². The molecule has 1 aromatic heterocycles. The van der Waals surface area contributed by atoms with Crippen molar-refractivity contribution in [2.75, 3.05) is 5.32 Å². The molecule has 1 fully saturated rings. The number of primary amides is 1. The molecule has 0 spiro atoms. The third-order valence-corrected chi connectivity index (χ3v) is 6.82. The highest BCUT2D eigenvalue weighted by Crippen LogP contribution is 2.44. The number of fused-ring (bicyclic) bond motifs is 1. The number of anilines is 1. The van der Waals surface area contributed by atoms with E-state index in [1.807, 2.05) is 30.3 Å². The van der Waals surface area contributed by atoms with Gasteiger partial charge in [0.05, 0.1) is 11.0 Å². The van der Waals surface area contributed by atoms with Gasteiger partial charge >= 0.3 is 0 Å². The van der Waals surface area contributed by atoms with E-state index in [1.54, 1.807) is 0 Å². The molecule has 3 N–H and O–H groups in total. The zero-order valence-corrected chi connectivity index (χ0v) is 15.0. The average Bonchev–Trinajstić information content (AvgIpc) is 3.31. The van der Waals surface area contributed by atoms with E-state index in [0.717, 1.165) is 56.1 Å². The molecule has 1 heterocycles. The molecule has 2 aliphatic carbocycles. The second kappa shape index (κ2) is 6.30. The molecule has 4 nitrogen and oxygen atoms in total. The third kappa shape index (κ3) is 2.67. The van der Waals surface area contributed by atoms with Gasteiger partial charge in [-0.3, -0.25) is 9.59 Å². The molecule has 1 aromatic carbocycles. The van der Waals surface area contributed by atoms with Crippen molar-refractivity contribution in [2.45, 2.75) is 50.4 Å². The Bertz CT molecular complexity index is 820. The Morgan fingerprint density at radius 2 is 1.76 bits per heavy atom. The maximum atomic E-state index is 13.3. The minimum absolute atomic E-state index is 0.00127. The SMILES string of the molecule is NC(=O)c1c(NC(=O)C2(c3ccccc3)CCCC2)sc2c1CCC2. The number of amides is 2. The Hall–Kier alpha value is -2.14. The number of carbonyl (C=O) groups is 2. The highest BCUT2D eigenvalue weighted by atomic mass is 32.1. The first-order chi connectivity index (χ1) is 12.1. The second-order valence-electron chi connectivity index (χ2n) is 7.04. The summed E-state index contributed by atoms with van der Waals surface area (Å²) in [4.78, 5) is 26.5. The van der Waals surface area contributed by atoms with Gasteiger partial charge in [0.15, 0.2) is 0 Å². The first-order valence-corrected chi connectivity index (χ1v) is 9.75. The molecule has 2 aromatic rings. The number of hydrogen-bond donors (Lipinski definition) is 2. The summed E-state index contributed by atoms with van der Waals surface area (Å²) in [5.74, 6) is -0.437. The van der Waals surface area contributed by atoms with E-state index in [1.165, 1.54) is 16.2 Å². The van der Waals surface area contributed by atoms with E-state index in [4.69, 9.17) is 5.73 Å². The minimum Gasteiger partial charge on any atom is -0.365 e. The summed E-state index contributed by atoms with van der Waals surface area (Å²) in [5.41, 5.74) is 7.77. The van der Waals surface area contributed by atoms with Gasteiger partial charge in [-0.05, 0) is 43.2 Å². The smallest absolute Gasteiger partial charge is 0.251 e. The molecule has 0 saturated heterocycles. The highest BCUT2D eigenvalue weighted by Gasteiger charge is 2.43. The Morgan fingerprint density at radius 3 is 2.44 bits per heavy atom. The highest BCUT2D eigenvalue weighted by molar-refractivity contribution is 7.17. The summed E-state index contributed by atoms with van der Waals surface area (Å²) in [5, 5.41) is 3.72. The maximum Gasteiger partial charge on any atom is 0.251 e. The van der Waals surface area contributed by atoms with Gasteiger partial charge in [0, 0.05) is 4.88 Å². The lowest BCUT2D eigenvalue weighted by Gasteiger charge is -2.28. The lowest BCUT2D eigenvalue weighted by molar-refractivity contribution is -0.121. The Labute approximate surface area is 151 Å². The largest absolute Gasteiger partial charge is 0.365 e. The van der Waals surface area contributed by atoms with E-state index >= 15 is 0 Å². The molecule has 1 saturated carbocycles. The van der Waals surface area contributed by atoms with Crippen molar-refractivity contribution >= 4 is 28.2 Å². The molecule has 130 valence electrons. The third-order valence-electron chi connectivity index (χ3n) is 5.61. The number of nitrogens with two attached hydrogens (primary N) is 1. The fraction of sp³-hybridized carbons (Fsp3) is 0.400. The van der Waals surface area contributed by atoms with Crippen molar-refractivity contribution < 1.29 is 9.59 Å². The maximum absolute atomic E-state index is 13.3. The van der Waals surface area contributed by atoms with Gasteiger partial charge in [0.1, 0.15) is 5.00 Å². The monoisotopic (exact) mass is 354 g/mol. The second-order valence-corrected chi connectivity index (χ2v) is 8.14. The van der Waals surface area contributed by atoms with E-state index in [-0.39, 0.29) is 5.91 Å². The van der Waals surface area contributed by atoms with Crippen LogP contribution in [0.3, 0.4) is 0 Å². The lowest BCUT2D eigenvalue weighted by atomic mass is 9.78. The average molecular weight is 354 g/mol. The van der Waals surface area contributed by atoms with E-state index < -0.39 is 11.3 Å². The van der Waals surface area contributed by atoms with Gasteiger partial charge in [-0.15, -0.1) is 11.3 Å². The normalized spacial score (nSPS) is 18.1. The molecule has 5 heteroatoms. The predicted octanol–water partition coefficient (Wildman–Crippen LogP) is 3.79. The predicted molar refractivity (Wildman–Crippen MR) is 100 cm³/mol. The van der Waals surface area contributed by atoms with Crippen LogP contribution in [-0.2, 0) is 23.1 Å². The van der Waals surface area contributed by atoms with Crippen molar-refractivity contribution in [3.63, 3.8) is 0 Å². The minimum atomic E-state index is -0.495. The molecule has 2 aliphatic rings. The number of benzene rings is 1. The van der Waals surface area contributed by atoms with Crippen LogP contribution in [0.1, 0.15) is 58.5 Å². The van der Waals surface area contributed by atoms with E-state index in [2.05, 4.69) is 5.32 Å². The Balaban J connectivity index is 1.69. The van der Waals surface area contributed by atoms with Crippen LogP contribution in [0.5, 0.6) is 0 Å². The molecule has 0 bridgehead atoms. The number of hydrogen-bond acceptors (Lipinski definition) is 3. The zero-order valence-electron chi connectivity index (χ0n) is 14.1. The van der Waals surface area contributed by atoms with Crippen LogP contribution in [0.15, 0.2) is 30.3 Å². The molecule has 0 atom stereocenters. The van der Waals surface area contributed by atoms with Crippen molar-refractivity contribution in [3.8, 4) is 0 Å². The number of rotatable bonds is 4. The van der Waals surface area contributed by atoms with Crippen molar-refractivity contribution in [1.82, 2.24) is 0 Å². The molecule has 4 rings (SSSR count). The Morgan fingerprint density at radius 1 is 1.04 bits per heavy atom. The van der Waals surface area contributed by atoms with Crippen LogP contribution >= 0.6 is 11.3 Å². The summed E-state index contributed by atoms with van der Waals surface area (Å²) in [6.45, 7) is 0. The fourth-order valence-electron chi connectivity index (χ4n) is 4.36. The van der Waals surface area contributed by atoms with Gasteiger partial charge in [0.2, 0.25) is 5.91 Å². The van der Waals surface area contributed by atoms with Crippen LogP contribution in [0.25, 0.3) is 0 Å². The van der Waals surface area contributed by atoms with E-state index in [9.17, 15) is 9.59 Å². The molecule has 0 radical (unpaired) electrons. The van der Waals surface area contributed by atoms with E-state index in [0.29, 0.717) is 10.6 Å². The van der Waals surface area contributed by atoms with Crippen molar-refractivity contribution in [3.05, 3.63) is 51.9 Å². The molecule has 0 aliphatic heterocycles. The summed E-state index contributed by atoms with van der Waals surface area (Å²) in [6, 6.07) is 10.0. The Kier molecular flexibility index (Phi) is 4.12. The number of carbonyl (C=O) groups excluding carboxylic acids is 2. The standard InChI is InChI=1S/C20H22N2O2S/c21-17(23)16-14-9-6-10-15(14)25-18(16)22-19(24)20(11-4-5-12-20)13-7-2-1-3-8-13/h1-3,7-8H,4-6,9-12H2,(H2,21,23)(H,22,24). The molecule has 0 unspecified atom stereocenters. The zero-order chi connectivity index (χ0) is 17.4. The topological polar surface area (TPSA) is 72.2 Å². The van der Waals surface area contributed by atoms with Crippen LogP contribution in [0, 0.1) is 0 Å². The summed E-state index contributed by atoms with van der Waals surface area (Å²) < 4.78 is 0. The molecular formula is C20H22N2O2S. The summed E-state index contributed by atoms with van der Waals surface area (Å²) >= 11 is 1.53. The van der Waals surface area contributed by atoms with Gasteiger partial charge < -0.3 is 11.1 Å². The van der Waals surface area contributed by atoms with Gasteiger partial charge in [-0.1, -0.05) is 43.2 Å².